The third-order valence-corrected chi connectivity index (χ3v) is 7.42. The Morgan fingerprint density at radius 2 is 1.80 bits per heavy atom. The Kier molecular flexibility index (Phi) is 14.1. The summed E-state index contributed by atoms with van der Waals surface area (Å²) in [6, 6.07) is 5.37. The fourth-order valence-corrected chi connectivity index (χ4v) is 5.16. The molecule has 1 fully saturated rings. The number of likely N-dealkylation sites (tertiary alicyclic amines) is 1. The van der Waals surface area contributed by atoms with Gasteiger partial charge in [0.05, 0.1) is 12.6 Å². The molecule has 3 amide bonds. The fourth-order valence-electron chi connectivity index (χ4n) is 5.16. The van der Waals surface area contributed by atoms with Crippen LogP contribution in [-0.4, -0.2) is 69.6 Å². The molecule has 2 aromatic rings. The number of hydrogen-bond donors (Lipinski definition) is 4. The molecule has 3 rings (SSSR count). The van der Waals surface area contributed by atoms with Gasteiger partial charge < -0.3 is 35.6 Å². The smallest absolute Gasteiger partial charge is 0.339 e. The Morgan fingerprint density at radius 3 is 2.55 bits per heavy atom. The van der Waals surface area contributed by atoms with Crippen molar-refractivity contribution in [1.29, 1.82) is 0 Å². The summed E-state index contributed by atoms with van der Waals surface area (Å²) >= 11 is 0. The maximum atomic E-state index is 12.8. The number of aromatic nitrogens is 2. The number of benzene rings is 1. The summed E-state index contributed by atoms with van der Waals surface area (Å²) in [5.74, 6) is -0.332. The Labute approximate surface area is 258 Å². The van der Waals surface area contributed by atoms with Crippen molar-refractivity contribution in [2.45, 2.75) is 96.7 Å². The fraction of sp³-hybridized carbons (Fsp3) is 0.613. The van der Waals surface area contributed by atoms with Crippen molar-refractivity contribution in [1.82, 2.24) is 25.7 Å². The SMILES string of the molecule is CC(C)CC(N)C(=O)N1CCC[C@@H]1c1nc(CNC(=O)CCCCCCCCNC(=O)COc2ccccc2C(=O)O)no1. The third-order valence-electron chi connectivity index (χ3n) is 7.42. The molecule has 5 N–H and O–H groups in total. The first kappa shape index (κ1) is 34.5. The van der Waals surface area contributed by atoms with Crippen molar-refractivity contribution in [3.8, 4) is 5.75 Å². The van der Waals surface area contributed by atoms with Gasteiger partial charge in [0.15, 0.2) is 12.4 Å². The number of ether oxygens (including phenoxy) is 1. The lowest BCUT2D eigenvalue weighted by Crippen LogP contribution is -2.44. The van der Waals surface area contributed by atoms with Gasteiger partial charge in [0.2, 0.25) is 17.7 Å². The molecule has 13 heteroatoms. The summed E-state index contributed by atoms with van der Waals surface area (Å²) < 4.78 is 10.8. The molecular weight excluding hydrogens is 568 g/mol. The third kappa shape index (κ3) is 11.3. The zero-order chi connectivity index (χ0) is 31.9. The van der Waals surface area contributed by atoms with E-state index in [1.165, 1.54) is 12.1 Å². The van der Waals surface area contributed by atoms with Crippen LogP contribution < -0.4 is 21.1 Å². The molecule has 1 unspecified atom stereocenters. The summed E-state index contributed by atoms with van der Waals surface area (Å²) in [6.07, 6.45) is 8.06. The molecule has 1 aliphatic rings. The van der Waals surface area contributed by atoms with Crippen molar-refractivity contribution in [2.24, 2.45) is 11.7 Å². The van der Waals surface area contributed by atoms with Gasteiger partial charge in [0.1, 0.15) is 17.4 Å². The van der Waals surface area contributed by atoms with E-state index in [1.54, 1.807) is 17.0 Å². The minimum atomic E-state index is -1.11. The molecule has 2 atom stereocenters. The average Bonchev–Trinajstić information content (AvgIpc) is 3.67. The van der Waals surface area contributed by atoms with Crippen LogP contribution in [0, 0.1) is 5.92 Å². The van der Waals surface area contributed by atoms with Gasteiger partial charge in [0.25, 0.3) is 5.91 Å². The Balaban J connectivity index is 1.21. The van der Waals surface area contributed by atoms with Gasteiger partial charge in [0, 0.05) is 19.5 Å². The van der Waals surface area contributed by atoms with Crippen molar-refractivity contribution >= 4 is 23.7 Å². The van der Waals surface area contributed by atoms with Gasteiger partial charge in [-0.1, -0.05) is 56.8 Å². The highest BCUT2D eigenvalue weighted by molar-refractivity contribution is 5.91. The van der Waals surface area contributed by atoms with Gasteiger partial charge in [-0.25, -0.2) is 4.79 Å². The minimum absolute atomic E-state index is 0.0169. The van der Waals surface area contributed by atoms with Crippen molar-refractivity contribution in [3.05, 3.63) is 41.5 Å². The van der Waals surface area contributed by atoms with E-state index in [0.717, 1.165) is 51.4 Å². The quantitative estimate of drug-likeness (QED) is 0.171. The van der Waals surface area contributed by atoms with E-state index in [-0.39, 0.29) is 48.2 Å². The van der Waals surface area contributed by atoms with Gasteiger partial charge in [-0.15, -0.1) is 0 Å². The predicted octanol–water partition coefficient (Wildman–Crippen LogP) is 3.35. The largest absolute Gasteiger partial charge is 0.483 e. The number of nitrogens with two attached hydrogens (primary N) is 1. The molecule has 2 heterocycles. The van der Waals surface area contributed by atoms with Gasteiger partial charge in [-0.3, -0.25) is 14.4 Å². The summed E-state index contributed by atoms with van der Waals surface area (Å²) in [5.41, 5.74) is 6.14. The maximum absolute atomic E-state index is 12.8. The molecule has 44 heavy (non-hydrogen) atoms. The first-order valence-corrected chi connectivity index (χ1v) is 15.5. The van der Waals surface area contributed by atoms with Gasteiger partial charge in [-0.2, -0.15) is 4.98 Å². The van der Waals surface area contributed by atoms with Crippen LogP contribution >= 0.6 is 0 Å². The highest BCUT2D eigenvalue weighted by atomic mass is 16.5. The first-order chi connectivity index (χ1) is 21.2. The molecule has 0 saturated carbocycles. The second-order valence-corrected chi connectivity index (χ2v) is 11.6. The van der Waals surface area contributed by atoms with Crippen LogP contribution in [0.5, 0.6) is 5.75 Å². The molecule has 0 spiro atoms. The van der Waals surface area contributed by atoms with E-state index >= 15 is 0 Å². The zero-order valence-corrected chi connectivity index (χ0v) is 25.8. The number of nitrogens with zero attached hydrogens (tertiary/aromatic N) is 3. The molecule has 1 aromatic carbocycles. The summed E-state index contributed by atoms with van der Waals surface area (Å²) in [5, 5.41) is 18.8. The molecule has 13 nitrogen and oxygen atoms in total. The number of para-hydroxylation sites is 1. The lowest BCUT2D eigenvalue weighted by atomic mass is 10.0. The number of hydrogen-bond acceptors (Lipinski definition) is 9. The number of rotatable bonds is 19. The van der Waals surface area contributed by atoms with Gasteiger partial charge in [-0.05, 0) is 50.2 Å². The number of amides is 3. The molecule has 242 valence electrons. The van der Waals surface area contributed by atoms with Gasteiger partial charge >= 0.3 is 5.97 Å². The van der Waals surface area contributed by atoms with E-state index < -0.39 is 12.0 Å². The second-order valence-electron chi connectivity index (χ2n) is 11.6. The number of carbonyl (C=O) groups excluding carboxylic acids is 3. The maximum Gasteiger partial charge on any atom is 0.339 e. The highest BCUT2D eigenvalue weighted by Gasteiger charge is 2.36. The molecule has 0 aliphatic carbocycles. The zero-order valence-electron chi connectivity index (χ0n) is 25.8. The molecule has 0 bridgehead atoms. The number of unbranched alkanes of at least 4 members (excludes halogenated alkanes) is 5. The number of nitrogens with one attached hydrogen (secondary N) is 2. The molecule has 1 aromatic heterocycles. The van der Waals surface area contributed by atoms with Crippen LogP contribution in [-0.2, 0) is 20.9 Å². The Bertz CT molecular complexity index is 1230. The standard InChI is InChI=1S/C31H46N6O7/c1-21(2)18-23(32)30(40)37-17-11-13-24(37)29-35-26(36-44-29)19-34-27(38)15-7-5-3-4-6-10-16-33-28(39)20-43-25-14-9-8-12-22(25)31(41)42/h8-9,12,14,21,23-24H,3-7,10-11,13,15-20,32H2,1-2H3,(H,33,39)(H,34,38)(H,41,42)/t23?,24-/m1/s1. The number of carbonyl (C=O) groups is 4. The van der Waals surface area contributed by atoms with E-state index in [2.05, 4.69) is 20.8 Å². The van der Waals surface area contributed by atoms with Crippen LogP contribution in [0.25, 0.3) is 0 Å². The summed E-state index contributed by atoms with van der Waals surface area (Å²) in [7, 11) is 0. The average molecular weight is 615 g/mol. The van der Waals surface area contributed by atoms with E-state index in [9.17, 15) is 19.2 Å². The topological polar surface area (TPSA) is 190 Å². The summed E-state index contributed by atoms with van der Waals surface area (Å²) in [4.78, 5) is 54.4. The lowest BCUT2D eigenvalue weighted by Gasteiger charge is -2.25. The van der Waals surface area contributed by atoms with Crippen molar-refractivity contribution < 1.29 is 33.5 Å². The Morgan fingerprint density at radius 1 is 1.07 bits per heavy atom. The highest BCUT2D eigenvalue weighted by Crippen LogP contribution is 2.31. The van der Waals surface area contributed by atoms with E-state index in [4.69, 9.17) is 20.1 Å². The van der Waals surface area contributed by atoms with E-state index in [0.29, 0.717) is 43.6 Å². The van der Waals surface area contributed by atoms with Crippen LogP contribution in [0.2, 0.25) is 0 Å². The van der Waals surface area contributed by atoms with Crippen LogP contribution in [0.3, 0.4) is 0 Å². The monoisotopic (exact) mass is 614 g/mol. The van der Waals surface area contributed by atoms with E-state index in [1.807, 2.05) is 13.8 Å². The first-order valence-electron chi connectivity index (χ1n) is 15.5. The van der Waals surface area contributed by atoms with Crippen molar-refractivity contribution in [2.75, 3.05) is 19.7 Å². The second kappa shape index (κ2) is 18.0. The number of carboxylic acids is 1. The van der Waals surface area contributed by atoms with Crippen molar-refractivity contribution in [3.63, 3.8) is 0 Å². The minimum Gasteiger partial charge on any atom is -0.483 e. The van der Waals surface area contributed by atoms with Crippen LogP contribution in [0.15, 0.2) is 28.8 Å². The normalized spacial score (nSPS) is 15.3. The van der Waals surface area contributed by atoms with Crippen LogP contribution in [0.4, 0.5) is 0 Å². The molecule has 0 radical (unpaired) electrons. The molecular formula is C31H46N6O7. The predicted molar refractivity (Wildman–Crippen MR) is 161 cm³/mol. The number of aromatic carboxylic acids is 1. The Hall–Kier alpha value is -4.00. The molecule has 1 aliphatic heterocycles. The number of carboxylic acid groups (broad SMARTS) is 1. The molecule has 1 saturated heterocycles. The summed E-state index contributed by atoms with van der Waals surface area (Å²) in [6.45, 7) is 5.13. The lowest BCUT2D eigenvalue weighted by molar-refractivity contribution is -0.134. The van der Waals surface area contributed by atoms with Crippen LogP contribution in [0.1, 0.15) is 106 Å².